The summed E-state index contributed by atoms with van der Waals surface area (Å²) in [5, 5.41) is 4.86. The molecule has 0 bridgehead atoms. The molecule has 166 valence electrons. The minimum Gasteiger partial charge on any atom is -0.493 e. The summed E-state index contributed by atoms with van der Waals surface area (Å²) in [6.07, 6.45) is 1.59. The summed E-state index contributed by atoms with van der Waals surface area (Å²) in [6.45, 7) is 7.09. The molecule has 7 nitrogen and oxygen atoms in total. The fourth-order valence-corrected chi connectivity index (χ4v) is 3.63. The lowest BCUT2D eigenvalue weighted by Crippen LogP contribution is -2.48. The molecule has 1 saturated heterocycles. The van der Waals surface area contributed by atoms with Crippen LogP contribution in [0.3, 0.4) is 0 Å². The average molecular weight is 445 g/mol. The third kappa shape index (κ3) is 6.95. The number of ether oxygens (including phenoxy) is 2. The van der Waals surface area contributed by atoms with Gasteiger partial charge in [0.15, 0.2) is 11.5 Å². The second kappa shape index (κ2) is 11.7. The summed E-state index contributed by atoms with van der Waals surface area (Å²) in [6, 6.07) is 13.4. The van der Waals surface area contributed by atoms with Crippen LogP contribution in [0.4, 0.5) is 0 Å². The number of hydrazone groups is 1. The predicted octanol–water partition coefficient (Wildman–Crippen LogP) is 3.02. The molecule has 0 saturated carbocycles. The van der Waals surface area contributed by atoms with E-state index in [1.165, 1.54) is 0 Å². The van der Waals surface area contributed by atoms with E-state index >= 15 is 0 Å². The number of hydrogen-bond acceptors (Lipinski definition) is 6. The molecule has 0 aliphatic carbocycles. The van der Waals surface area contributed by atoms with Gasteiger partial charge in [0.2, 0.25) is 0 Å². The third-order valence-corrected chi connectivity index (χ3v) is 5.44. The summed E-state index contributed by atoms with van der Waals surface area (Å²) in [7, 11) is 1.59. The number of benzene rings is 2. The Bertz CT molecular complexity index is 898. The van der Waals surface area contributed by atoms with Gasteiger partial charge in [-0.2, -0.15) is 5.10 Å². The molecule has 2 aromatic rings. The lowest BCUT2D eigenvalue weighted by molar-refractivity contribution is -0.122. The number of halogens is 1. The van der Waals surface area contributed by atoms with Crippen molar-refractivity contribution in [1.82, 2.24) is 15.2 Å². The van der Waals surface area contributed by atoms with Crippen LogP contribution in [0.2, 0.25) is 5.02 Å². The monoisotopic (exact) mass is 444 g/mol. The number of carbonyl (C=O) groups is 1. The first-order chi connectivity index (χ1) is 15.1. The van der Waals surface area contributed by atoms with Gasteiger partial charge in [0.25, 0.3) is 5.91 Å². The van der Waals surface area contributed by atoms with Gasteiger partial charge in [-0.3, -0.25) is 14.6 Å². The summed E-state index contributed by atoms with van der Waals surface area (Å²) in [5.74, 6) is 1.18. The van der Waals surface area contributed by atoms with Crippen LogP contribution in [0.25, 0.3) is 0 Å². The largest absolute Gasteiger partial charge is 0.493 e. The van der Waals surface area contributed by atoms with Crippen molar-refractivity contribution in [3.8, 4) is 11.5 Å². The van der Waals surface area contributed by atoms with Crippen molar-refractivity contribution in [2.24, 2.45) is 5.10 Å². The van der Waals surface area contributed by atoms with Crippen LogP contribution in [-0.2, 0) is 11.3 Å². The zero-order chi connectivity index (χ0) is 22.1. The van der Waals surface area contributed by atoms with E-state index in [1.807, 2.05) is 43.3 Å². The maximum Gasteiger partial charge on any atom is 0.254 e. The van der Waals surface area contributed by atoms with Crippen LogP contribution in [0.5, 0.6) is 11.5 Å². The van der Waals surface area contributed by atoms with Crippen molar-refractivity contribution in [3.05, 3.63) is 58.6 Å². The molecule has 0 radical (unpaired) electrons. The highest BCUT2D eigenvalue weighted by Crippen LogP contribution is 2.27. The first-order valence-electron chi connectivity index (χ1n) is 10.4. The van der Waals surface area contributed by atoms with E-state index in [1.54, 1.807) is 13.3 Å². The molecule has 1 aliphatic heterocycles. The van der Waals surface area contributed by atoms with E-state index in [9.17, 15) is 4.79 Å². The van der Waals surface area contributed by atoms with Gasteiger partial charge < -0.3 is 9.47 Å². The van der Waals surface area contributed by atoms with Crippen molar-refractivity contribution in [2.45, 2.75) is 13.5 Å². The van der Waals surface area contributed by atoms with Gasteiger partial charge >= 0.3 is 0 Å². The number of amides is 1. The molecule has 0 spiro atoms. The number of carbonyl (C=O) groups excluding carboxylic acids is 1. The zero-order valence-electron chi connectivity index (χ0n) is 18.0. The Labute approximate surface area is 188 Å². The lowest BCUT2D eigenvalue weighted by atomic mass is 10.2. The molecule has 0 aromatic heterocycles. The van der Waals surface area contributed by atoms with E-state index < -0.39 is 0 Å². The van der Waals surface area contributed by atoms with Crippen LogP contribution in [0.15, 0.2) is 47.6 Å². The Morgan fingerprint density at radius 2 is 1.87 bits per heavy atom. The highest BCUT2D eigenvalue weighted by molar-refractivity contribution is 6.31. The first-order valence-corrected chi connectivity index (χ1v) is 10.8. The van der Waals surface area contributed by atoms with Crippen LogP contribution in [-0.4, -0.2) is 68.4 Å². The normalized spacial score (nSPS) is 15.2. The fraction of sp³-hybridized carbons (Fsp3) is 0.391. The number of nitrogens with zero attached hydrogens (tertiary/aromatic N) is 3. The Morgan fingerprint density at radius 1 is 1.13 bits per heavy atom. The van der Waals surface area contributed by atoms with Gasteiger partial charge in [0.05, 0.1) is 26.5 Å². The third-order valence-electron chi connectivity index (χ3n) is 5.07. The zero-order valence-corrected chi connectivity index (χ0v) is 18.8. The van der Waals surface area contributed by atoms with Crippen molar-refractivity contribution in [3.63, 3.8) is 0 Å². The second-order valence-corrected chi connectivity index (χ2v) is 7.69. The van der Waals surface area contributed by atoms with Crippen molar-refractivity contribution >= 4 is 23.7 Å². The highest BCUT2D eigenvalue weighted by atomic mass is 35.5. The summed E-state index contributed by atoms with van der Waals surface area (Å²) >= 11 is 6.26. The molecular formula is C23H29ClN4O3. The van der Waals surface area contributed by atoms with Crippen molar-refractivity contribution in [1.29, 1.82) is 0 Å². The smallest absolute Gasteiger partial charge is 0.254 e. The minimum absolute atomic E-state index is 0.131. The van der Waals surface area contributed by atoms with E-state index in [0.717, 1.165) is 48.9 Å². The molecule has 8 heteroatoms. The van der Waals surface area contributed by atoms with Crippen LogP contribution in [0.1, 0.15) is 18.1 Å². The van der Waals surface area contributed by atoms with Crippen LogP contribution < -0.4 is 14.9 Å². The predicted molar refractivity (Wildman–Crippen MR) is 123 cm³/mol. The Kier molecular flexibility index (Phi) is 8.70. The topological polar surface area (TPSA) is 66.4 Å². The Balaban J connectivity index is 1.42. The SMILES string of the molecule is CCOc1ccc(C=NNC(=O)CN2CCN(Cc3ccccc3Cl)CC2)cc1OC. The minimum atomic E-state index is -0.131. The number of piperazine rings is 1. The standard InChI is InChI=1S/C23H29ClN4O3/c1-3-31-21-9-8-18(14-22(21)30-2)15-25-26-23(29)17-28-12-10-27(11-13-28)16-19-6-4-5-7-20(19)24/h4-9,14-15H,3,10-13,16-17H2,1-2H3,(H,26,29). The maximum absolute atomic E-state index is 12.2. The van der Waals surface area contributed by atoms with Crippen molar-refractivity contribution < 1.29 is 14.3 Å². The molecule has 1 amide bonds. The van der Waals surface area contributed by atoms with Gasteiger partial charge in [0.1, 0.15) is 0 Å². The van der Waals surface area contributed by atoms with Crippen LogP contribution >= 0.6 is 11.6 Å². The van der Waals surface area contributed by atoms with Gasteiger partial charge in [-0.25, -0.2) is 5.43 Å². The van der Waals surface area contributed by atoms with Gasteiger partial charge in [0, 0.05) is 37.7 Å². The molecule has 3 rings (SSSR count). The lowest BCUT2D eigenvalue weighted by Gasteiger charge is -2.34. The van der Waals surface area contributed by atoms with E-state index in [2.05, 4.69) is 26.4 Å². The van der Waals surface area contributed by atoms with E-state index in [4.69, 9.17) is 21.1 Å². The maximum atomic E-state index is 12.2. The van der Waals surface area contributed by atoms with Crippen LogP contribution in [0, 0.1) is 0 Å². The molecule has 1 aliphatic rings. The average Bonchev–Trinajstić information content (AvgIpc) is 2.77. The molecule has 1 N–H and O–H groups in total. The molecule has 1 fully saturated rings. The molecule has 31 heavy (non-hydrogen) atoms. The van der Waals surface area contributed by atoms with Gasteiger partial charge in [-0.15, -0.1) is 0 Å². The second-order valence-electron chi connectivity index (χ2n) is 7.28. The highest BCUT2D eigenvalue weighted by Gasteiger charge is 2.19. The fourth-order valence-electron chi connectivity index (χ4n) is 3.43. The molecule has 2 aromatic carbocycles. The number of methoxy groups -OCH3 is 1. The quantitative estimate of drug-likeness (QED) is 0.475. The summed E-state index contributed by atoms with van der Waals surface area (Å²) in [4.78, 5) is 16.7. The summed E-state index contributed by atoms with van der Waals surface area (Å²) in [5.41, 5.74) is 4.55. The number of rotatable bonds is 9. The Hall–Kier alpha value is -2.61. The van der Waals surface area contributed by atoms with Gasteiger partial charge in [-0.1, -0.05) is 29.8 Å². The number of hydrogen-bond donors (Lipinski definition) is 1. The first kappa shape index (κ1) is 23.1. The van der Waals surface area contributed by atoms with E-state index in [0.29, 0.717) is 24.7 Å². The van der Waals surface area contributed by atoms with Crippen molar-refractivity contribution in [2.75, 3.05) is 46.4 Å². The molecular weight excluding hydrogens is 416 g/mol. The van der Waals surface area contributed by atoms with E-state index in [-0.39, 0.29) is 5.91 Å². The molecule has 0 unspecified atom stereocenters. The Morgan fingerprint density at radius 3 is 2.58 bits per heavy atom. The molecule has 1 heterocycles. The number of nitrogens with one attached hydrogen (secondary N) is 1. The summed E-state index contributed by atoms with van der Waals surface area (Å²) < 4.78 is 10.8. The van der Waals surface area contributed by atoms with Gasteiger partial charge in [-0.05, 0) is 42.3 Å². The molecule has 0 atom stereocenters.